The van der Waals surface area contributed by atoms with Crippen LogP contribution in [-0.4, -0.2) is 28.3 Å². The maximum atomic E-state index is 14.9. The van der Waals surface area contributed by atoms with E-state index in [4.69, 9.17) is 0 Å². The van der Waals surface area contributed by atoms with Gasteiger partial charge in [-0.1, -0.05) is 109 Å². The van der Waals surface area contributed by atoms with E-state index in [9.17, 15) is 14.0 Å². The molecule has 4 aromatic rings. The van der Waals surface area contributed by atoms with Crippen LogP contribution in [0.4, 0.5) is 4.39 Å². The van der Waals surface area contributed by atoms with Gasteiger partial charge in [0, 0.05) is 36.4 Å². The van der Waals surface area contributed by atoms with E-state index in [1.54, 1.807) is 23.1 Å². The quantitative estimate of drug-likeness (QED) is 0.240. The van der Waals surface area contributed by atoms with Gasteiger partial charge < -0.3 is 10.2 Å². The van der Waals surface area contributed by atoms with Crippen LogP contribution in [0.5, 0.6) is 0 Å². The van der Waals surface area contributed by atoms with E-state index < -0.39 is 17.4 Å². The van der Waals surface area contributed by atoms with Crippen molar-refractivity contribution in [3.8, 4) is 0 Å². The second-order valence-electron chi connectivity index (χ2n) is 11.1. The highest BCUT2D eigenvalue weighted by atomic mass is 19.1. The standard InChI is InChI=1S/C35H37FN2O2/c1-35(2,3)37-34(40)32(23-26-15-7-4-8-16-26)38(25-29-21-13-14-22-31(29)36)33(39)24-30(27-17-9-5-10-18-27)28-19-11-6-12-20-28/h4-22,30,32H,23-25H2,1-3H3,(H,37,40)/t32-/m0/s1. The maximum absolute atomic E-state index is 14.9. The molecule has 0 saturated carbocycles. The molecule has 0 heterocycles. The molecule has 4 aromatic carbocycles. The first-order valence-corrected chi connectivity index (χ1v) is 13.7. The summed E-state index contributed by atoms with van der Waals surface area (Å²) in [5, 5.41) is 3.07. The molecule has 0 spiro atoms. The second-order valence-corrected chi connectivity index (χ2v) is 11.1. The van der Waals surface area contributed by atoms with E-state index in [0.29, 0.717) is 12.0 Å². The van der Waals surface area contributed by atoms with Crippen molar-refractivity contribution in [3.05, 3.63) is 143 Å². The Balaban J connectivity index is 1.76. The Morgan fingerprint density at radius 3 is 1.77 bits per heavy atom. The SMILES string of the molecule is CC(C)(C)NC(=O)[C@H](Cc1ccccc1)N(Cc1ccccc1F)C(=O)CC(c1ccccc1)c1ccccc1. The lowest BCUT2D eigenvalue weighted by atomic mass is 9.87. The molecule has 1 N–H and O–H groups in total. The van der Waals surface area contributed by atoms with E-state index in [1.165, 1.54) is 6.07 Å². The number of halogens is 1. The Bertz CT molecular complexity index is 1350. The van der Waals surface area contributed by atoms with Crippen molar-refractivity contribution < 1.29 is 14.0 Å². The Morgan fingerprint density at radius 1 is 0.750 bits per heavy atom. The summed E-state index contributed by atoms with van der Waals surface area (Å²) < 4.78 is 14.9. The molecule has 40 heavy (non-hydrogen) atoms. The summed E-state index contributed by atoms with van der Waals surface area (Å²) in [4.78, 5) is 29.7. The van der Waals surface area contributed by atoms with E-state index in [-0.39, 0.29) is 30.7 Å². The number of nitrogens with zero attached hydrogens (tertiary/aromatic N) is 1. The number of rotatable bonds is 10. The van der Waals surface area contributed by atoms with Gasteiger partial charge in [0.25, 0.3) is 0 Å². The molecule has 2 amide bonds. The normalized spacial score (nSPS) is 12.1. The van der Waals surface area contributed by atoms with Crippen LogP contribution in [0, 0.1) is 5.82 Å². The number of carbonyl (C=O) groups excluding carboxylic acids is 2. The molecule has 0 unspecified atom stereocenters. The molecule has 0 fully saturated rings. The minimum Gasteiger partial charge on any atom is -0.350 e. The topological polar surface area (TPSA) is 49.4 Å². The van der Waals surface area contributed by atoms with Gasteiger partial charge in [-0.3, -0.25) is 9.59 Å². The fourth-order valence-corrected chi connectivity index (χ4v) is 4.91. The summed E-state index contributed by atoms with van der Waals surface area (Å²) in [6.07, 6.45) is 0.445. The lowest BCUT2D eigenvalue weighted by Gasteiger charge is -2.35. The van der Waals surface area contributed by atoms with Crippen LogP contribution < -0.4 is 5.32 Å². The zero-order valence-corrected chi connectivity index (χ0v) is 23.4. The molecule has 0 bridgehead atoms. The minimum atomic E-state index is -0.832. The van der Waals surface area contributed by atoms with Crippen molar-refractivity contribution in [2.45, 2.75) is 57.7 Å². The predicted octanol–water partition coefficient (Wildman–Crippen LogP) is 6.90. The Kier molecular flexibility index (Phi) is 9.49. The molecular formula is C35H37FN2O2. The van der Waals surface area contributed by atoms with Crippen molar-refractivity contribution in [1.82, 2.24) is 10.2 Å². The van der Waals surface area contributed by atoms with Gasteiger partial charge in [0.05, 0.1) is 0 Å². The molecule has 0 radical (unpaired) electrons. The number of hydrogen-bond donors (Lipinski definition) is 1. The molecule has 1 atom stereocenters. The first-order valence-electron chi connectivity index (χ1n) is 13.7. The monoisotopic (exact) mass is 536 g/mol. The molecule has 4 nitrogen and oxygen atoms in total. The summed E-state index contributed by atoms with van der Waals surface area (Å²) in [7, 11) is 0. The molecule has 0 saturated heterocycles. The highest BCUT2D eigenvalue weighted by molar-refractivity contribution is 5.89. The van der Waals surface area contributed by atoms with Gasteiger partial charge in [-0.2, -0.15) is 0 Å². The average Bonchev–Trinajstić information content (AvgIpc) is 2.95. The van der Waals surface area contributed by atoms with E-state index in [1.807, 2.05) is 112 Å². The minimum absolute atomic E-state index is 0.0170. The fourth-order valence-electron chi connectivity index (χ4n) is 4.91. The van der Waals surface area contributed by atoms with Crippen LogP contribution in [0.15, 0.2) is 115 Å². The summed E-state index contributed by atoms with van der Waals surface area (Å²) >= 11 is 0. The van der Waals surface area contributed by atoms with Crippen molar-refractivity contribution in [2.24, 2.45) is 0 Å². The van der Waals surface area contributed by atoms with Crippen molar-refractivity contribution >= 4 is 11.8 Å². The van der Waals surface area contributed by atoms with E-state index >= 15 is 0 Å². The Hall–Kier alpha value is -4.25. The van der Waals surface area contributed by atoms with Crippen LogP contribution >= 0.6 is 0 Å². The Morgan fingerprint density at radius 2 is 1.25 bits per heavy atom. The summed E-state index contributed by atoms with van der Waals surface area (Å²) in [6.45, 7) is 5.72. The van der Waals surface area contributed by atoms with Gasteiger partial charge in [0.15, 0.2) is 0 Å². The zero-order valence-electron chi connectivity index (χ0n) is 23.4. The first kappa shape index (κ1) is 28.8. The molecule has 4 rings (SSSR count). The van der Waals surface area contributed by atoms with E-state index in [0.717, 1.165) is 16.7 Å². The lowest BCUT2D eigenvalue weighted by molar-refractivity contribution is -0.142. The van der Waals surface area contributed by atoms with Crippen molar-refractivity contribution in [3.63, 3.8) is 0 Å². The smallest absolute Gasteiger partial charge is 0.243 e. The number of benzene rings is 4. The van der Waals surface area contributed by atoms with Crippen LogP contribution in [0.25, 0.3) is 0 Å². The van der Waals surface area contributed by atoms with Gasteiger partial charge in [-0.25, -0.2) is 4.39 Å². The third kappa shape index (κ3) is 7.89. The third-order valence-electron chi connectivity index (χ3n) is 6.85. The highest BCUT2D eigenvalue weighted by Gasteiger charge is 2.34. The molecular weight excluding hydrogens is 499 g/mol. The van der Waals surface area contributed by atoms with Gasteiger partial charge in [-0.15, -0.1) is 0 Å². The van der Waals surface area contributed by atoms with Crippen LogP contribution in [0.2, 0.25) is 0 Å². The molecule has 0 aromatic heterocycles. The molecule has 5 heteroatoms. The van der Waals surface area contributed by atoms with E-state index in [2.05, 4.69) is 5.32 Å². The van der Waals surface area contributed by atoms with Gasteiger partial charge >= 0.3 is 0 Å². The molecule has 206 valence electrons. The Labute approximate surface area is 236 Å². The average molecular weight is 537 g/mol. The van der Waals surface area contributed by atoms with Crippen LogP contribution in [0.1, 0.15) is 55.4 Å². The number of amides is 2. The summed E-state index contributed by atoms with van der Waals surface area (Å²) in [5.41, 5.74) is 2.80. The molecule has 0 aliphatic carbocycles. The lowest BCUT2D eigenvalue weighted by Crippen LogP contribution is -2.54. The fraction of sp³-hybridized carbons (Fsp3) is 0.257. The summed E-state index contributed by atoms with van der Waals surface area (Å²) in [6, 6.07) is 35.0. The maximum Gasteiger partial charge on any atom is 0.243 e. The zero-order chi connectivity index (χ0) is 28.5. The van der Waals surface area contributed by atoms with Crippen LogP contribution in [0.3, 0.4) is 0 Å². The largest absolute Gasteiger partial charge is 0.350 e. The molecule has 0 aliphatic rings. The van der Waals surface area contributed by atoms with Crippen molar-refractivity contribution in [2.75, 3.05) is 0 Å². The van der Waals surface area contributed by atoms with Gasteiger partial charge in [0.1, 0.15) is 11.9 Å². The highest BCUT2D eigenvalue weighted by Crippen LogP contribution is 2.30. The predicted molar refractivity (Wildman–Crippen MR) is 158 cm³/mol. The third-order valence-corrected chi connectivity index (χ3v) is 6.85. The number of nitrogens with one attached hydrogen (secondary N) is 1. The number of hydrogen-bond acceptors (Lipinski definition) is 2. The summed E-state index contributed by atoms with van der Waals surface area (Å²) in [5.74, 6) is -1.11. The number of carbonyl (C=O) groups is 2. The van der Waals surface area contributed by atoms with Crippen molar-refractivity contribution in [1.29, 1.82) is 0 Å². The first-order chi connectivity index (χ1) is 19.2. The second kappa shape index (κ2) is 13.2. The van der Waals surface area contributed by atoms with Gasteiger partial charge in [0.2, 0.25) is 11.8 Å². The van der Waals surface area contributed by atoms with Crippen LogP contribution in [-0.2, 0) is 22.6 Å². The molecule has 0 aliphatic heterocycles. The van der Waals surface area contributed by atoms with Gasteiger partial charge in [-0.05, 0) is 43.5 Å².